The van der Waals surface area contributed by atoms with Gasteiger partial charge in [-0.15, -0.1) is 0 Å². The van der Waals surface area contributed by atoms with E-state index in [0.29, 0.717) is 6.42 Å². The predicted octanol–water partition coefficient (Wildman–Crippen LogP) is 4.94. The van der Waals surface area contributed by atoms with E-state index in [2.05, 4.69) is 0 Å². The molecule has 0 radical (unpaired) electrons. The number of hydrogen-bond donors (Lipinski definition) is 1. The molecule has 0 aromatic rings. The highest BCUT2D eigenvalue weighted by Crippen LogP contribution is 2.31. The Labute approximate surface area is 113 Å². The lowest BCUT2D eigenvalue weighted by Gasteiger charge is -2.17. The molecule has 0 bridgehead atoms. The first-order chi connectivity index (χ1) is 8.67. The monoisotopic (exact) mass is 276 g/mol. The van der Waals surface area contributed by atoms with E-state index in [1.54, 1.807) is 6.08 Å². The van der Waals surface area contributed by atoms with Crippen molar-refractivity contribution in [2.24, 2.45) is 0 Å². The van der Waals surface area contributed by atoms with Crippen LogP contribution in [0.15, 0.2) is 36.0 Å². The van der Waals surface area contributed by atoms with Crippen LogP contribution in [0.25, 0.3) is 0 Å². The highest BCUT2D eigenvalue weighted by molar-refractivity contribution is 5.15. The Kier molecular flexibility index (Phi) is 7.76. The van der Waals surface area contributed by atoms with Gasteiger partial charge in [-0.3, -0.25) is 0 Å². The number of hydrogen-bond acceptors (Lipinski definition) is 1. The normalized spacial score (nSPS) is 14.8. The van der Waals surface area contributed by atoms with Gasteiger partial charge < -0.3 is 5.11 Å². The van der Waals surface area contributed by atoms with Gasteiger partial charge in [0.2, 0.25) is 0 Å². The average molecular weight is 276 g/mol. The minimum absolute atomic E-state index is 0.104. The Bertz CT molecular complexity index is 330. The zero-order valence-corrected chi connectivity index (χ0v) is 11.8. The van der Waals surface area contributed by atoms with Crippen molar-refractivity contribution in [3.63, 3.8) is 0 Å². The van der Waals surface area contributed by atoms with Crippen molar-refractivity contribution in [2.75, 3.05) is 0 Å². The first-order valence-corrected chi connectivity index (χ1v) is 6.44. The van der Waals surface area contributed by atoms with Gasteiger partial charge in [0.25, 0.3) is 0 Å². The van der Waals surface area contributed by atoms with Crippen LogP contribution in [0.3, 0.4) is 0 Å². The molecule has 110 valence electrons. The highest BCUT2D eigenvalue weighted by Gasteiger charge is 2.34. The summed E-state index contributed by atoms with van der Waals surface area (Å²) >= 11 is 0. The number of allylic oxidation sites excluding steroid dienone is 5. The van der Waals surface area contributed by atoms with Crippen molar-refractivity contribution >= 4 is 0 Å². The van der Waals surface area contributed by atoms with Crippen molar-refractivity contribution in [2.45, 2.75) is 58.2 Å². The molecule has 0 heterocycles. The van der Waals surface area contributed by atoms with E-state index in [4.69, 9.17) is 0 Å². The van der Waals surface area contributed by atoms with E-state index in [1.807, 2.05) is 25.2 Å². The van der Waals surface area contributed by atoms with E-state index in [0.717, 1.165) is 18.9 Å². The minimum Gasteiger partial charge on any atom is -0.386 e. The molecule has 0 spiro atoms. The molecule has 0 amide bonds. The molecule has 0 unspecified atom stereocenters. The lowest BCUT2D eigenvalue weighted by molar-refractivity contribution is -0.0955. The number of alkyl halides is 3. The Morgan fingerprint density at radius 2 is 1.53 bits per heavy atom. The fraction of sp³-hybridized carbons (Fsp3) is 0.600. The van der Waals surface area contributed by atoms with Crippen LogP contribution < -0.4 is 0 Å². The highest BCUT2D eigenvalue weighted by atomic mass is 19.4. The third kappa shape index (κ3) is 10.6. The number of aliphatic hydroxyl groups is 1. The molecule has 0 aliphatic rings. The second-order valence-corrected chi connectivity index (χ2v) is 4.98. The molecule has 0 aromatic carbocycles. The Hall–Kier alpha value is -1.03. The molecule has 19 heavy (non-hydrogen) atoms. The second kappa shape index (κ2) is 8.20. The molecule has 0 saturated heterocycles. The van der Waals surface area contributed by atoms with E-state index in [-0.39, 0.29) is 6.42 Å². The van der Waals surface area contributed by atoms with Gasteiger partial charge in [-0.05, 0) is 52.5 Å². The Morgan fingerprint density at radius 3 is 2.00 bits per heavy atom. The van der Waals surface area contributed by atoms with E-state index >= 15 is 0 Å². The smallest absolute Gasteiger partial charge is 0.386 e. The fourth-order valence-electron chi connectivity index (χ4n) is 1.56. The van der Waals surface area contributed by atoms with Crippen molar-refractivity contribution in [3.05, 3.63) is 36.0 Å². The summed E-state index contributed by atoms with van der Waals surface area (Å²) in [6, 6.07) is 0. The standard InChI is InChI=1S/C15H23F3O/c1-4-5-6-7-8-9-10-11-13(15(16,17)18)12-14(2,3)19/h4-5,8-9,12,19H,6-7,10-11H2,1-3H3/b5-4+,9-8+,13-12-. The molecule has 1 nitrogen and oxygen atoms in total. The van der Waals surface area contributed by atoms with Crippen LogP contribution in [0.2, 0.25) is 0 Å². The summed E-state index contributed by atoms with van der Waals surface area (Å²) < 4.78 is 38.1. The van der Waals surface area contributed by atoms with Crippen molar-refractivity contribution < 1.29 is 18.3 Å². The first-order valence-electron chi connectivity index (χ1n) is 6.44. The minimum atomic E-state index is -4.38. The first kappa shape index (κ1) is 18.0. The molecule has 0 saturated carbocycles. The quantitative estimate of drug-likeness (QED) is 0.516. The van der Waals surface area contributed by atoms with Crippen LogP contribution in [0, 0.1) is 0 Å². The van der Waals surface area contributed by atoms with Crippen LogP contribution >= 0.6 is 0 Å². The molecule has 4 heteroatoms. The zero-order valence-electron chi connectivity index (χ0n) is 11.8. The predicted molar refractivity (Wildman–Crippen MR) is 72.9 cm³/mol. The average Bonchev–Trinajstić information content (AvgIpc) is 2.23. The van der Waals surface area contributed by atoms with Crippen LogP contribution in [0.1, 0.15) is 46.5 Å². The van der Waals surface area contributed by atoms with Gasteiger partial charge in [0.15, 0.2) is 0 Å². The van der Waals surface area contributed by atoms with E-state index in [9.17, 15) is 18.3 Å². The summed E-state index contributed by atoms with van der Waals surface area (Å²) in [7, 11) is 0. The van der Waals surface area contributed by atoms with Crippen LogP contribution in [-0.2, 0) is 0 Å². The van der Waals surface area contributed by atoms with Crippen molar-refractivity contribution in [1.82, 2.24) is 0 Å². The van der Waals surface area contributed by atoms with Crippen LogP contribution in [-0.4, -0.2) is 16.9 Å². The lowest BCUT2D eigenvalue weighted by Crippen LogP contribution is -2.21. The summed E-state index contributed by atoms with van der Waals surface area (Å²) in [5.41, 5.74) is -2.11. The van der Waals surface area contributed by atoms with E-state index < -0.39 is 17.4 Å². The second-order valence-electron chi connectivity index (χ2n) is 4.98. The fourth-order valence-corrected chi connectivity index (χ4v) is 1.56. The summed E-state index contributed by atoms with van der Waals surface area (Å²) in [5, 5.41) is 9.45. The summed E-state index contributed by atoms with van der Waals surface area (Å²) in [4.78, 5) is 0. The Balaban J connectivity index is 4.35. The van der Waals surface area contributed by atoms with Crippen LogP contribution in [0.4, 0.5) is 13.2 Å². The molecule has 0 aliphatic heterocycles. The lowest BCUT2D eigenvalue weighted by atomic mass is 10.0. The molecule has 0 aromatic heterocycles. The van der Waals surface area contributed by atoms with E-state index in [1.165, 1.54) is 13.8 Å². The van der Waals surface area contributed by atoms with Crippen LogP contribution in [0.5, 0.6) is 0 Å². The maximum atomic E-state index is 12.7. The molecular formula is C15H23F3O. The van der Waals surface area contributed by atoms with Gasteiger partial charge in [-0.25, -0.2) is 0 Å². The van der Waals surface area contributed by atoms with Crippen molar-refractivity contribution in [3.8, 4) is 0 Å². The number of halogens is 3. The van der Waals surface area contributed by atoms with Gasteiger partial charge >= 0.3 is 6.18 Å². The van der Waals surface area contributed by atoms with Gasteiger partial charge in [0, 0.05) is 5.57 Å². The molecule has 0 fully saturated rings. The van der Waals surface area contributed by atoms with Gasteiger partial charge in [-0.2, -0.15) is 13.2 Å². The summed E-state index contributed by atoms with van der Waals surface area (Å²) in [6.45, 7) is 4.61. The van der Waals surface area contributed by atoms with Gasteiger partial charge in [0.05, 0.1) is 5.60 Å². The SMILES string of the molecule is C/C=C/CC/C=C/CC/C(=C/C(C)(C)O)C(F)(F)F. The maximum Gasteiger partial charge on any atom is 0.412 e. The molecular weight excluding hydrogens is 253 g/mol. The maximum absolute atomic E-state index is 12.7. The molecule has 0 aliphatic carbocycles. The Morgan fingerprint density at radius 1 is 1.00 bits per heavy atom. The zero-order chi connectivity index (χ0) is 14.9. The number of unbranched alkanes of at least 4 members (excludes halogenated alkanes) is 1. The number of rotatable bonds is 7. The van der Waals surface area contributed by atoms with Crippen molar-refractivity contribution in [1.29, 1.82) is 0 Å². The van der Waals surface area contributed by atoms with Gasteiger partial charge in [0.1, 0.15) is 0 Å². The summed E-state index contributed by atoms with van der Waals surface area (Å²) in [6.07, 6.45) is 6.08. The topological polar surface area (TPSA) is 20.2 Å². The molecule has 0 atom stereocenters. The molecule has 0 rings (SSSR count). The third-order valence-corrected chi connectivity index (χ3v) is 2.37. The molecule has 1 N–H and O–H groups in total. The summed E-state index contributed by atoms with van der Waals surface area (Å²) in [5.74, 6) is 0. The largest absolute Gasteiger partial charge is 0.412 e. The third-order valence-electron chi connectivity index (χ3n) is 2.37. The van der Waals surface area contributed by atoms with Gasteiger partial charge in [-0.1, -0.05) is 24.3 Å².